The van der Waals surface area contributed by atoms with E-state index in [2.05, 4.69) is 5.32 Å². The van der Waals surface area contributed by atoms with Gasteiger partial charge in [-0.25, -0.2) is 0 Å². The molecular formula is C24H28Cl2N2O2S. The monoisotopic (exact) mass is 478 g/mol. The predicted molar refractivity (Wildman–Crippen MR) is 129 cm³/mol. The topological polar surface area (TPSA) is 49.4 Å². The van der Waals surface area contributed by atoms with Crippen molar-refractivity contribution < 1.29 is 9.59 Å². The van der Waals surface area contributed by atoms with Crippen LogP contribution < -0.4 is 5.32 Å². The van der Waals surface area contributed by atoms with Gasteiger partial charge in [-0.3, -0.25) is 9.59 Å². The van der Waals surface area contributed by atoms with Crippen molar-refractivity contribution in [1.82, 2.24) is 10.2 Å². The number of amides is 2. The Kier molecular flexibility index (Phi) is 8.70. The molecule has 1 aliphatic carbocycles. The number of carbonyl (C=O) groups is 2. The molecule has 0 saturated heterocycles. The lowest BCUT2D eigenvalue weighted by Crippen LogP contribution is -2.50. The lowest BCUT2D eigenvalue weighted by Gasteiger charge is -2.29. The average Bonchev–Trinajstić information content (AvgIpc) is 3.26. The number of nitrogens with one attached hydrogen (secondary N) is 1. The first kappa shape index (κ1) is 24.0. The van der Waals surface area contributed by atoms with Gasteiger partial charge in [0.15, 0.2) is 0 Å². The van der Waals surface area contributed by atoms with Crippen molar-refractivity contribution in [2.45, 2.75) is 63.1 Å². The zero-order valence-corrected chi connectivity index (χ0v) is 20.2. The highest BCUT2D eigenvalue weighted by Crippen LogP contribution is 2.25. The summed E-state index contributed by atoms with van der Waals surface area (Å²) in [7, 11) is 0. The van der Waals surface area contributed by atoms with E-state index < -0.39 is 6.04 Å². The number of hydrogen-bond donors (Lipinski definition) is 1. The maximum Gasteiger partial charge on any atom is 0.242 e. The first-order valence-corrected chi connectivity index (χ1v) is 12.3. The molecule has 0 spiro atoms. The van der Waals surface area contributed by atoms with E-state index in [0.717, 1.165) is 36.1 Å². The zero-order chi connectivity index (χ0) is 22.4. The molecule has 4 nitrogen and oxygen atoms in total. The molecule has 1 fully saturated rings. The minimum absolute atomic E-state index is 0.0919. The van der Waals surface area contributed by atoms with Crippen LogP contribution in [-0.2, 0) is 16.1 Å². The summed E-state index contributed by atoms with van der Waals surface area (Å²) < 4.78 is 0. The molecule has 31 heavy (non-hydrogen) atoms. The number of thioether (sulfide) groups is 1. The summed E-state index contributed by atoms with van der Waals surface area (Å²) >= 11 is 13.7. The number of benzene rings is 2. The Hall–Kier alpha value is -1.69. The number of carbonyl (C=O) groups excluding carboxylic acids is 2. The normalized spacial score (nSPS) is 15.0. The molecule has 0 aromatic heterocycles. The predicted octanol–water partition coefficient (Wildman–Crippen LogP) is 5.87. The van der Waals surface area contributed by atoms with Gasteiger partial charge in [0.1, 0.15) is 6.04 Å². The molecule has 7 heteroatoms. The molecule has 0 aliphatic heterocycles. The molecule has 166 valence electrons. The minimum Gasteiger partial charge on any atom is -0.352 e. The largest absolute Gasteiger partial charge is 0.352 e. The fourth-order valence-corrected chi connectivity index (χ4v) is 4.78. The highest BCUT2D eigenvalue weighted by atomic mass is 35.5. The molecule has 0 radical (unpaired) electrons. The Morgan fingerprint density at radius 1 is 1.10 bits per heavy atom. The van der Waals surface area contributed by atoms with E-state index >= 15 is 0 Å². The van der Waals surface area contributed by atoms with Crippen molar-refractivity contribution in [1.29, 1.82) is 0 Å². The Balaban J connectivity index is 1.72. The van der Waals surface area contributed by atoms with Crippen LogP contribution in [0.4, 0.5) is 0 Å². The summed E-state index contributed by atoms with van der Waals surface area (Å²) in [6.45, 7) is 4.11. The van der Waals surface area contributed by atoms with Crippen LogP contribution in [0.5, 0.6) is 0 Å². The molecule has 3 rings (SSSR count). The molecule has 0 unspecified atom stereocenters. The quantitative estimate of drug-likeness (QED) is 0.482. The van der Waals surface area contributed by atoms with Crippen molar-refractivity contribution in [3.63, 3.8) is 0 Å². The number of aryl methyl sites for hydroxylation is 1. The third-order valence-electron chi connectivity index (χ3n) is 5.59. The van der Waals surface area contributed by atoms with E-state index in [4.69, 9.17) is 23.2 Å². The van der Waals surface area contributed by atoms with Crippen LogP contribution in [0.1, 0.15) is 43.7 Å². The summed E-state index contributed by atoms with van der Waals surface area (Å²) in [5, 5.41) is 4.01. The first-order valence-electron chi connectivity index (χ1n) is 10.6. The molecule has 2 aromatic carbocycles. The van der Waals surface area contributed by atoms with Crippen LogP contribution in [0.15, 0.2) is 47.4 Å². The third kappa shape index (κ3) is 6.90. The molecule has 1 N–H and O–H groups in total. The van der Waals surface area contributed by atoms with E-state index in [1.54, 1.807) is 24.0 Å². The van der Waals surface area contributed by atoms with Crippen molar-refractivity contribution in [3.8, 4) is 0 Å². The van der Waals surface area contributed by atoms with E-state index in [1.165, 1.54) is 17.3 Å². The SMILES string of the molecule is Cc1ccc(SCC(=O)N(Cc2ccc(Cl)c(Cl)c2)[C@H](C)C(=O)NC2CCCC2)cc1. The van der Waals surface area contributed by atoms with Gasteiger partial charge in [-0.2, -0.15) is 0 Å². The van der Waals surface area contributed by atoms with Crippen LogP contribution >= 0.6 is 35.0 Å². The van der Waals surface area contributed by atoms with Crippen LogP contribution in [0, 0.1) is 6.92 Å². The molecule has 2 amide bonds. The third-order valence-corrected chi connectivity index (χ3v) is 7.32. The second-order valence-corrected chi connectivity index (χ2v) is 9.90. The second kappa shape index (κ2) is 11.3. The van der Waals surface area contributed by atoms with Gasteiger partial charge >= 0.3 is 0 Å². The number of halogens is 2. The summed E-state index contributed by atoms with van der Waals surface area (Å²) in [5.74, 6) is 0.0529. The van der Waals surface area contributed by atoms with Crippen LogP contribution in [-0.4, -0.2) is 34.6 Å². The van der Waals surface area contributed by atoms with Crippen LogP contribution in [0.2, 0.25) is 10.0 Å². The van der Waals surface area contributed by atoms with Gasteiger partial charge in [-0.15, -0.1) is 11.8 Å². The lowest BCUT2D eigenvalue weighted by molar-refractivity contribution is -0.138. The molecule has 1 atom stereocenters. The maximum atomic E-state index is 13.2. The zero-order valence-electron chi connectivity index (χ0n) is 17.9. The smallest absolute Gasteiger partial charge is 0.242 e. The van der Waals surface area contributed by atoms with Crippen molar-refractivity contribution >= 4 is 46.8 Å². The van der Waals surface area contributed by atoms with Gasteiger partial charge in [0.05, 0.1) is 15.8 Å². The number of rotatable bonds is 8. The van der Waals surface area contributed by atoms with Crippen molar-refractivity contribution in [2.24, 2.45) is 0 Å². The summed E-state index contributed by atoms with van der Waals surface area (Å²) in [6, 6.07) is 13.0. The molecule has 0 heterocycles. The number of hydrogen-bond acceptors (Lipinski definition) is 3. The van der Waals surface area contributed by atoms with Gasteiger partial charge in [-0.05, 0) is 56.5 Å². The van der Waals surface area contributed by atoms with Gasteiger partial charge in [0.25, 0.3) is 0 Å². The van der Waals surface area contributed by atoms with E-state index in [-0.39, 0.29) is 23.6 Å². The average molecular weight is 479 g/mol. The molecular weight excluding hydrogens is 451 g/mol. The molecule has 0 bridgehead atoms. The van der Waals surface area contributed by atoms with E-state index in [1.807, 2.05) is 37.3 Å². The highest BCUT2D eigenvalue weighted by Gasteiger charge is 2.28. The van der Waals surface area contributed by atoms with Gasteiger partial charge in [0, 0.05) is 17.5 Å². The van der Waals surface area contributed by atoms with Gasteiger partial charge in [0.2, 0.25) is 11.8 Å². The second-order valence-electron chi connectivity index (χ2n) is 8.04. The fraction of sp³-hybridized carbons (Fsp3) is 0.417. The molecule has 1 saturated carbocycles. The van der Waals surface area contributed by atoms with Crippen LogP contribution in [0.25, 0.3) is 0 Å². The molecule has 2 aromatic rings. The van der Waals surface area contributed by atoms with E-state index in [0.29, 0.717) is 16.6 Å². The van der Waals surface area contributed by atoms with Crippen molar-refractivity contribution in [3.05, 3.63) is 63.6 Å². The highest BCUT2D eigenvalue weighted by molar-refractivity contribution is 8.00. The Morgan fingerprint density at radius 2 is 1.77 bits per heavy atom. The van der Waals surface area contributed by atoms with Crippen molar-refractivity contribution in [2.75, 3.05) is 5.75 Å². The summed E-state index contributed by atoms with van der Waals surface area (Å²) in [5.41, 5.74) is 2.01. The lowest BCUT2D eigenvalue weighted by atomic mass is 10.1. The summed E-state index contributed by atoms with van der Waals surface area (Å²) in [6.07, 6.45) is 4.28. The molecule has 1 aliphatic rings. The Morgan fingerprint density at radius 3 is 2.42 bits per heavy atom. The standard InChI is InChI=1S/C24H28Cl2N2O2S/c1-16-7-10-20(11-8-16)31-15-23(29)28(14-18-9-12-21(25)22(26)13-18)17(2)24(30)27-19-5-3-4-6-19/h7-13,17,19H,3-6,14-15H2,1-2H3,(H,27,30)/t17-/m1/s1. The Labute approximate surface area is 198 Å². The summed E-state index contributed by atoms with van der Waals surface area (Å²) in [4.78, 5) is 28.8. The van der Waals surface area contributed by atoms with E-state index in [9.17, 15) is 9.59 Å². The van der Waals surface area contributed by atoms with Gasteiger partial charge < -0.3 is 10.2 Å². The first-order chi connectivity index (χ1) is 14.8. The van der Waals surface area contributed by atoms with Crippen LogP contribution in [0.3, 0.4) is 0 Å². The maximum absolute atomic E-state index is 13.2. The van der Waals surface area contributed by atoms with Gasteiger partial charge in [-0.1, -0.05) is 59.8 Å². The number of nitrogens with zero attached hydrogens (tertiary/aromatic N) is 1. The minimum atomic E-state index is -0.582. The fourth-order valence-electron chi connectivity index (χ4n) is 3.67. The Bertz CT molecular complexity index is 914.